The first-order valence-corrected chi connectivity index (χ1v) is 12.9. The molecule has 3 heterocycles. The summed E-state index contributed by atoms with van der Waals surface area (Å²) in [6, 6.07) is 11.9. The average molecular weight is 559 g/mol. The topological polar surface area (TPSA) is 93.8 Å². The van der Waals surface area contributed by atoms with E-state index in [1.54, 1.807) is 28.4 Å². The van der Waals surface area contributed by atoms with Gasteiger partial charge in [0, 0.05) is 25.8 Å². The number of carbonyl (C=O) groups is 1. The predicted octanol–water partition coefficient (Wildman–Crippen LogP) is 5.28. The number of benzene rings is 1. The molecule has 1 amide bonds. The Hall–Kier alpha value is -3.86. The lowest BCUT2D eigenvalue weighted by molar-refractivity contribution is -0.141. The van der Waals surface area contributed by atoms with Crippen LogP contribution in [0.4, 0.5) is 18.9 Å². The van der Waals surface area contributed by atoms with Gasteiger partial charge in [-0.2, -0.15) is 13.2 Å². The summed E-state index contributed by atoms with van der Waals surface area (Å²) in [6.45, 7) is 0.484. The quantitative estimate of drug-likeness (QED) is 0.336. The third-order valence-electron chi connectivity index (χ3n) is 7.09. The highest BCUT2D eigenvalue weighted by atomic mass is 35.5. The summed E-state index contributed by atoms with van der Waals surface area (Å²) in [4.78, 5) is 34.0. The molecule has 0 atom stereocenters. The maximum Gasteiger partial charge on any atom is 0.434 e. The molecule has 0 bridgehead atoms. The van der Waals surface area contributed by atoms with Crippen molar-refractivity contribution in [1.82, 2.24) is 24.4 Å². The van der Waals surface area contributed by atoms with Gasteiger partial charge in [-0.1, -0.05) is 23.7 Å². The molecule has 1 aromatic carbocycles. The van der Waals surface area contributed by atoms with Crippen LogP contribution in [0.1, 0.15) is 41.7 Å². The molecule has 1 saturated carbocycles. The molecule has 0 radical (unpaired) electrons. The van der Waals surface area contributed by atoms with Crippen LogP contribution in [0.5, 0.6) is 0 Å². The van der Waals surface area contributed by atoms with Crippen molar-refractivity contribution in [3.8, 4) is 5.82 Å². The number of nitrogens with one attached hydrogen (secondary N) is 2. The number of rotatable bonds is 6. The van der Waals surface area contributed by atoms with E-state index in [9.17, 15) is 22.8 Å². The van der Waals surface area contributed by atoms with Crippen molar-refractivity contribution < 1.29 is 18.0 Å². The molecule has 0 unspecified atom stereocenters. The van der Waals surface area contributed by atoms with Crippen LogP contribution < -0.4 is 16.3 Å². The van der Waals surface area contributed by atoms with Gasteiger partial charge in [0.15, 0.2) is 5.69 Å². The van der Waals surface area contributed by atoms with Crippen LogP contribution >= 0.6 is 11.6 Å². The molecule has 1 fully saturated rings. The lowest BCUT2D eigenvalue weighted by atomic mass is 9.85. The van der Waals surface area contributed by atoms with E-state index in [4.69, 9.17) is 11.6 Å². The summed E-state index contributed by atoms with van der Waals surface area (Å²) in [5, 5.41) is 5.68. The van der Waals surface area contributed by atoms with Gasteiger partial charge in [-0.05, 0) is 61.9 Å². The Labute approximate surface area is 226 Å². The maximum atomic E-state index is 13.5. The minimum absolute atomic E-state index is 0.0466. The van der Waals surface area contributed by atoms with Crippen LogP contribution in [0.15, 0.2) is 59.7 Å². The zero-order valence-corrected chi connectivity index (χ0v) is 21.8. The number of nitrogens with zero attached hydrogens (tertiary/aromatic N) is 4. The molecule has 1 aliphatic carbocycles. The van der Waals surface area contributed by atoms with Gasteiger partial charge in [-0.25, -0.2) is 19.3 Å². The van der Waals surface area contributed by atoms with Crippen molar-refractivity contribution in [3.63, 3.8) is 0 Å². The van der Waals surface area contributed by atoms with E-state index in [0.717, 1.165) is 29.0 Å². The first-order valence-electron chi connectivity index (χ1n) is 12.5. The van der Waals surface area contributed by atoms with E-state index < -0.39 is 23.3 Å². The molecule has 0 spiro atoms. The molecule has 39 heavy (non-hydrogen) atoms. The number of amides is 1. The van der Waals surface area contributed by atoms with Gasteiger partial charge in [-0.3, -0.25) is 9.36 Å². The standard InChI is InChI=1S/C27H26ClF3N6O2/c1-32-19-10-11-23(33-14-19)37-22-5-3-2-4-21(22)36(26(37)39)15-16-6-8-18(9-7-16)35-25(38)20-12-17(28)13-34-24(20)27(29,30)31/h2-5,10-14,16,18,32H,6-9,15H2,1H3,(H,35,38). The van der Waals surface area contributed by atoms with Crippen LogP contribution in [0.25, 0.3) is 16.9 Å². The lowest BCUT2D eigenvalue weighted by Crippen LogP contribution is -2.39. The molecule has 3 aromatic heterocycles. The number of anilines is 1. The summed E-state index contributed by atoms with van der Waals surface area (Å²) in [6.07, 6.45) is 0.321. The Kier molecular flexibility index (Phi) is 7.35. The number of halogens is 4. The maximum absolute atomic E-state index is 13.5. The van der Waals surface area contributed by atoms with E-state index in [2.05, 4.69) is 20.6 Å². The number of carbonyl (C=O) groups excluding carboxylic acids is 1. The second-order valence-corrected chi connectivity index (χ2v) is 10.0. The number of imidazole rings is 1. The van der Waals surface area contributed by atoms with Crippen LogP contribution in [0.2, 0.25) is 5.02 Å². The van der Waals surface area contributed by atoms with Gasteiger partial charge in [0.1, 0.15) is 5.82 Å². The van der Waals surface area contributed by atoms with Crippen molar-refractivity contribution in [2.45, 2.75) is 44.4 Å². The van der Waals surface area contributed by atoms with Crippen LogP contribution in [0.3, 0.4) is 0 Å². The largest absolute Gasteiger partial charge is 0.434 e. The third-order valence-corrected chi connectivity index (χ3v) is 7.30. The van der Waals surface area contributed by atoms with Gasteiger partial charge in [-0.15, -0.1) is 0 Å². The van der Waals surface area contributed by atoms with Crippen molar-refractivity contribution in [3.05, 3.63) is 81.6 Å². The van der Waals surface area contributed by atoms with Crippen molar-refractivity contribution in [1.29, 1.82) is 0 Å². The zero-order chi connectivity index (χ0) is 27.7. The van der Waals surface area contributed by atoms with E-state index in [-0.39, 0.29) is 22.7 Å². The number of pyridine rings is 2. The predicted molar refractivity (Wildman–Crippen MR) is 142 cm³/mol. The highest BCUT2D eigenvalue weighted by Crippen LogP contribution is 2.32. The smallest absolute Gasteiger partial charge is 0.387 e. The van der Waals surface area contributed by atoms with Crippen molar-refractivity contribution in [2.24, 2.45) is 5.92 Å². The fourth-order valence-electron chi connectivity index (χ4n) is 5.12. The minimum atomic E-state index is -4.77. The normalized spacial score (nSPS) is 17.8. The monoisotopic (exact) mass is 558 g/mol. The fourth-order valence-corrected chi connectivity index (χ4v) is 5.28. The number of para-hydroxylation sites is 2. The summed E-state index contributed by atoms with van der Waals surface area (Å²) in [7, 11) is 1.79. The van der Waals surface area contributed by atoms with Gasteiger partial charge >= 0.3 is 11.9 Å². The van der Waals surface area contributed by atoms with E-state index in [0.29, 0.717) is 38.0 Å². The zero-order valence-electron chi connectivity index (χ0n) is 21.0. The Bertz CT molecular complexity index is 1560. The average Bonchev–Trinajstić information content (AvgIpc) is 3.20. The molecule has 4 aromatic rings. The van der Waals surface area contributed by atoms with Gasteiger partial charge in [0.25, 0.3) is 5.91 Å². The molecule has 2 N–H and O–H groups in total. The van der Waals surface area contributed by atoms with E-state index in [1.807, 2.05) is 30.3 Å². The molecule has 0 aliphatic heterocycles. The first kappa shape index (κ1) is 26.7. The molecular formula is C27H26ClF3N6O2. The second-order valence-electron chi connectivity index (χ2n) is 9.61. The molecule has 5 rings (SSSR count). The van der Waals surface area contributed by atoms with Crippen LogP contribution in [-0.2, 0) is 12.7 Å². The highest BCUT2D eigenvalue weighted by molar-refractivity contribution is 6.30. The molecule has 204 valence electrons. The van der Waals surface area contributed by atoms with Crippen LogP contribution in [0, 0.1) is 5.92 Å². The summed E-state index contributed by atoms with van der Waals surface area (Å²) in [5.74, 6) is -0.167. The van der Waals surface area contributed by atoms with Crippen molar-refractivity contribution in [2.75, 3.05) is 12.4 Å². The number of alkyl halides is 3. The number of hydrogen-bond acceptors (Lipinski definition) is 5. The van der Waals surface area contributed by atoms with Gasteiger partial charge in [0.2, 0.25) is 0 Å². The number of hydrogen-bond donors (Lipinski definition) is 2. The SMILES string of the molecule is CNc1ccc(-n2c(=O)n(CC3CCC(NC(=O)c4cc(Cl)cnc4C(F)(F)F)CC3)c3ccccc32)nc1. The molecular weight excluding hydrogens is 533 g/mol. The summed E-state index contributed by atoms with van der Waals surface area (Å²) >= 11 is 5.81. The summed E-state index contributed by atoms with van der Waals surface area (Å²) in [5.41, 5.74) is 0.344. The third kappa shape index (κ3) is 5.49. The minimum Gasteiger partial charge on any atom is -0.387 e. The van der Waals surface area contributed by atoms with Gasteiger partial charge in [0.05, 0.1) is 33.5 Å². The Balaban J connectivity index is 1.30. The lowest BCUT2D eigenvalue weighted by Gasteiger charge is -2.29. The molecule has 1 aliphatic rings. The van der Waals surface area contributed by atoms with Crippen molar-refractivity contribution >= 4 is 34.2 Å². The number of fused-ring (bicyclic) bond motifs is 1. The van der Waals surface area contributed by atoms with Gasteiger partial charge < -0.3 is 10.6 Å². The molecule has 12 heteroatoms. The fraction of sp³-hybridized carbons (Fsp3) is 0.333. The first-order chi connectivity index (χ1) is 18.7. The summed E-state index contributed by atoms with van der Waals surface area (Å²) < 4.78 is 43.4. The molecule has 8 nitrogen and oxygen atoms in total. The Morgan fingerprint density at radius 3 is 2.41 bits per heavy atom. The molecule has 0 saturated heterocycles. The van der Waals surface area contributed by atoms with E-state index in [1.165, 1.54) is 0 Å². The number of aromatic nitrogens is 4. The Morgan fingerprint density at radius 2 is 1.77 bits per heavy atom. The Morgan fingerprint density at radius 1 is 1.05 bits per heavy atom. The highest BCUT2D eigenvalue weighted by Gasteiger charge is 2.38. The van der Waals surface area contributed by atoms with E-state index >= 15 is 0 Å². The van der Waals surface area contributed by atoms with Crippen LogP contribution in [-0.4, -0.2) is 38.1 Å². The second kappa shape index (κ2) is 10.7.